The lowest BCUT2D eigenvalue weighted by molar-refractivity contribution is -0.150. The van der Waals surface area contributed by atoms with Crippen LogP contribution in [0.5, 0.6) is 0 Å². The Labute approximate surface area is 158 Å². The van der Waals surface area contributed by atoms with Crippen LogP contribution < -0.4 is 0 Å². The second kappa shape index (κ2) is 6.68. The number of aliphatic hydroxyl groups is 1. The first-order valence-electron chi connectivity index (χ1n) is 9.53. The summed E-state index contributed by atoms with van der Waals surface area (Å²) in [5.74, 6) is 0. The molecule has 3 aromatic rings. The van der Waals surface area contributed by atoms with Crippen LogP contribution in [0.2, 0.25) is 0 Å². The molecule has 138 valence electrons. The van der Waals surface area contributed by atoms with E-state index in [2.05, 4.69) is 34.1 Å². The SMILES string of the molecule is OC1(c2cnc3ccccc3n2)CC2COCC(C1)N2Cc1ccccc1. The molecule has 0 amide bonds. The molecule has 2 atom stereocenters. The molecule has 5 heteroatoms. The zero-order valence-corrected chi connectivity index (χ0v) is 15.2. The van der Waals surface area contributed by atoms with Gasteiger partial charge in [-0.2, -0.15) is 0 Å². The van der Waals surface area contributed by atoms with Gasteiger partial charge >= 0.3 is 0 Å². The predicted octanol–water partition coefficient (Wildman–Crippen LogP) is 2.88. The molecule has 0 aliphatic carbocycles. The summed E-state index contributed by atoms with van der Waals surface area (Å²) in [4.78, 5) is 11.7. The van der Waals surface area contributed by atoms with Crippen molar-refractivity contribution < 1.29 is 9.84 Å². The molecular formula is C22H23N3O2. The minimum absolute atomic E-state index is 0.177. The monoisotopic (exact) mass is 361 g/mol. The number of ether oxygens (including phenoxy) is 1. The molecule has 3 heterocycles. The molecule has 27 heavy (non-hydrogen) atoms. The molecule has 2 unspecified atom stereocenters. The van der Waals surface area contributed by atoms with E-state index in [1.165, 1.54) is 5.56 Å². The highest BCUT2D eigenvalue weighted by molar-refractivity contribution is 5.73. The summed E-state index contributed by atoms with van der Waals surface area (Å²) in [5.41, 5.74) is 2.71. The summed E-state index contributed by atoms with van der Waals surface area (Å²) in [7, 11) is 0. The summed E-state index contributed by atoms with van der Waals surface area (Å²) >= 11 is 0. The number of piperidine rings is 1. The van der Waals surface area contributed by atoms with Gasteiger partial charge in [0.25, 0.3) is 0 Å². The maximum atomic E-state index is 11.5. The third-order valence-corrected chi connectivity index (χ3v) is 5.84. The van der Waals surface area contributed by atoms with Crippen LogP contribution in [0.4, 0.5) is 0 Å². The Balaban J connectivity index is 1.44. The molecule has 1 N–H and O–H groups in total. The van der Waals surface area contributed by atoms with Crippen LogP contribution in [0.3, 0.4) is 0 Å². The first-order valence-corrected chi connectivity index (χ1v) is 9.53. The van der Waals surface area contributed by atoms with E-state index in [9.17, 15) is 5.11 Å². The summed E-state index contributed by atoms with van der Waals surface area (Å²) in [5, 5.41) is 11.5. The number of aromatic nitrogens is 2. The minimum atomic E-state index is -0.955. The largest absolute Gasteiger partial charge is 0.383 e. The van der Waals surface area contributed by atoms with Crippen molar-refractivity contribution in [3.8, 4) is 0 Å². The quantitative estimate of drug-likeness (QED) is 0.777. The Morgan fingerprint density at radius 1 is 0.963 bits per heavy atom. The van der Waals surface area contributed by atoms with Gasteiger partial charge in [0, 0.05) is 18.6 Å². The molecular weight excluding hydrogens is 338 g/mol. The normalized spacial score (nSPS) is 28.3. The van der Waals surface area contributed by atoms with Gasteiger partial charge < -0.3 is 9.84 Å². The number of hydrogen-bond donors (Lipinski definition) is 1. The first kappa shape index (κ1) is 16.8. The highest BCUT2D eigenvalue weighted by atomic mass is 16.5. The topological polar surface area (TPSA) is 58.5 Å². The molecule has 2 saturated heterocycles. The van der Waals surface area contributed by atoms with Gasteiger partial charge in [-0.25, -0.2) is 4.98 Å². The zero-order chi connectivity index (χ0) is 18.3. The van der Waals surface area contributed by atoms with Gasteiger partial charge in [-0.05, 0) is 30.5 Å². The standard InChI is InChI=1S/C22H23N3O2/c26-22(21-12-23-19-8-4-5-9-20(19)24-21)10-17-14-27-15-18(11-22)25(17)13-16-6-2-1-3-7-16/h1-9,12,17-18,26H,10-11,13-15H2. The number of para-hydroxylation sites is 2. The fourth-order valence-corrected chi connectivity index (χ4v) is 4.49. The third-order valence-electron chi connectivity index (χ3n) is 5.84. The van der Waals surface area contributed by atoms with Crippen LogP contribution in [-0.2, 0) is 16.9 Å². The Hall–Kier alpha value is -2.34. The molecule has 2 aromatic carbocycles. The minimum Gasteiger partial charge on any atom is -0.383 e. The summed E-state index contributed by atoms with van der Waals surface area (Å²) in [6.45, 7) is 2.18. The Kier molecular flexibility index (Phi) is 4.16. The van der Waals surface area contributed by atoms with E-state index in [-0.39, 0.29) is 12.1 Å². The van der Waals surface area contributed by atoms with Crippen molar-refractivity contribution in [1.82, 2.24) is 14.9 Å². The second-order valence-corrected chi connectivity index (χ2v) is 7.69. The van der Waals surface area contributed by atoms with Crippen molar-refractivity contribution in [2.45, 2.75) is 37.1 Å². The predicted molar refractivity (Wildman–Crippen MR) is 103 cm³/mol. The lowest BCUT2D eigenvalue weighted by Crippen LogP contribution is -2.60. The molecule has 5 nitrogen and oxygen atoms in total. The van der Waals surface area contributed by atoms with Crippen LogP contribution in [-0.4, -0.2) is 45.3 Å². The van der Waals surface area contributed by atoms with Crippen molar-refractivity contribution in [3.63, 3.8) is 0 Å². The summed E-state index contributed by atoms with van der Waals surface area (Å²) in [6, 6.07) is 18.7. The third kappa shape index (κ3) is 3.12. The number of hydrogen-bond acceptors (Lipinski definition) is 5. The van der Waals surface area contributed by atoms with Gasteiger partial charge in [0.15, 0.2) is 0 Å². The Morgan fingerprint density at radius 2 is 1.63 bits per heavy atom. The summed E-state index contributed by atoms with van der Waals surface area (Å²) < 4.78 is 5.82. The number of benzene rings is 2. The molecule has 2 aliphatic rings. The van der Waals surface area contributed by atoms with Crippen LogP contribution in [0, 0.1) is 0 Å². The maximum absolute atomic E-state index is 11.5. The van der Waals surface area contributed by atoms with E-state index in [1.807, 2.05) is 30.3 Å². The molecule has 2 bridgehead atoms. The highest BCUT2D eigenvalue weighted by Gasteiger charge is 2.47. The molecule has 1 aromatic heterocycles. The van der Waals surface area contributed by atoms with E-state index in [0.717, 1.165) is 17.6 Å². The van der Waals surface area contributed by atoms with E-state index in [4.69, 9.17) is 9.72 Å². The van der Waals surface area contributed by atoms with Crippen molar-refractivity contribution in [1.29, 1.82) is 0 Å². The van der Waals surface area contributed by atoms with E-state index >= 15 is 0 Å². The van der Waals surface area contributed by atoms with Gasteiger partial charge in [0.2, 0.25) is 0 Å². The molecule has 0 saturated carbocycles. The lowest BCUT2D eigenvalue weighted by atomic mass is 9.79. The van der Waals surface area contributed by atoms with Crippen molar-refractivity contribution >= 4 is 11.0 Å². The smallest absolute Gasteiger partial charge is 0.111 e. The maximum Gasteiger partial charge on any atom is 0.111 e. The van der Waals surface area contributed by atoms with Crippen LogP contribution in [0.15, 0.2) is 60.8 Å². The van der Waals surface area contributed by atoms with E-state index in [1.54, 1.807) is 6.20 Å². The summed E-state index contributed by atoms with van der Waals surface area (Å²) in [6.07, 6.45) is 2.97. The lowest BCUT2D eigenvalue weighted by Gasteiger charge is -2.51. The molecule has 0 spiro atoms. The molecule has 2 aliphatic heterocycles. The molecule has 2 fully saturated rings. The van der Waals surface area contributed by atoms with Gasteiger partial charge in [-0.3, -0.25) is 9.88 Å². The van der Waals surface area contributed by atoms with E-state index in [0.29, 0.717) is 31.7 Å². The van der Waals surface area contributed by atoms with Gasteiger partial charge in [0.05, 0.1) is 36.1 Å². The second-order valence-electron chi connectivity index (χ2n) is 7.69. The van der Waals surface area contributed by atoms with E-state index < -0.39 is 5.60 Å². The Bertz CT molecular complexity index is 932. The van der Waals surface area contributed by atoms with Gasteiger partial charge in [0.1, 0.15) is 5.60 Å². The fourth-order valence-electron chi connectivity index (χ4n) is 4.49. The van der Waals surface area contributed by atoms with Crippen LogP contribution in [0.25, 0.3) is 11.0 Å². The zero-order valence-electron chi connectivity index (χ0n) is 15.2. The van der Waals surface area contributed by atoms with Crippen LogP contribution in [0.1, 0.15) is 24.1 Å². The first-order chi connectivity index (χ1) is 13.2. The van der Waals surface area contributed by atoms with Gasteiger partial charge in [-0.15, -0.1) is 0 Å². The number of fused-ring (bicyclic) bond motifs is 3. The number of nitrogens with zero attached hydrogens (tertiary/aromatic N) is 3. The molecule has 5 rings (SSSR count). The van der Waals surface area contributed by atoms with Crippen molar-refractivity contribution in [2.75, 3.05) is 13.2 Å². The van der Waals surface area contributed by atoms with Crippen LogP contribution >= 0.6 is 0 Å². The highest BCUT2D eigenvalue weighted by Crippen LogP contribution is 2.41. The Morgan fingerprint density at radius 3 is 2.37 bits per heavy atom. The average molecular weight is 361 g/mol. The number of morpholine rings is 1. The fraction of sp³-hybridized carbons (Fsp3) is 0.364. The van der Waals surface area contributed by atoms with Crippen molar-refractivity contribution in [3.05, 3.63) is 72.1 Å². The van der Waals surface area contributed by atoms with Crippen molar-refractivity contribution in [2.24, 2.45) is 0 Å². The average Bonchev–Trinajstić information content (AvgIpc) is 2.69. The number of rotatable bonds is 3. The molecule has 0 radical (unpaired) electrons. The van der Waals surface area contributed by atoms with Gasteiger partial charge in [-0.1, -0.05) is 42.5 Å².